The van der Waals surface area contributed by atoms with Crippen LogP contribution in [0.3, 0.4) is 0 Å². The number of carbonyl (C=O) groups is 8. The van der Waals surface area contributed by atoms with Crippen LogP contribution in [0, 0.1) is 5.92 Å². The van der Waals surface area contributed by atoms with Gasteiger partial charge in [0.1, 0.15) is 36.3 Å². The van der Waals surface area contributed by atoms with Crippen molar-refractivity contribution in [2.75, 3.05) is 13.1 Å². The number of carbonyl (C=O) groups excluding carboxylic acids is 7. The lowest BCUT2D eigenvalue weighted by molar-refractivity contribution is -0.144. The van der Waals surface area contributed by atoms with Crippen LogP contribution in [0.4, 0.5) is 0 Å². The van der Waals surface area contributed by atoms with Crippen LogP contribution < -0.4 is 60.6 Å². The number of hydrogen-bond acceptors (Lipinski definition) is 11. The van der Waals surface area contributed by atoms with Gasteiger partial charge in [-0.15, -0.1) is 0 Å². The minimum Gasteiger partial charge on any atom is -0.480 e. The fourth-order valence-corrected chi connectivity index (χ4v) is 8.17. The van der Waals surface area contributed by atoms with E-state index in [1.54, 1.807) is 44.2 Å². The summed E-state index contributed by atoms with van der Waals surface area (Å²) in [5.74, 6) is -8.16. The van der Waals surface area contributed by atoms with Crippen LogP contribution in [0.5, 0.6) is 0 Å². The fraction of sp³-hybridized carbons (Fsp3) is 0.692. The summed E-state index contributed by atoms with van der Waals surface area (Å²) in [6, 6.07) is -0.131. The van der Waals surface area contributed by atoms with Crippen molar-refractivity contribution in [3.8, 4) is 0 Å². The summed E-state index contributed by atoms with van der Waals surface area (Å²) >= 11 is 0. The SMILES string of the molecule is CCCCCCCCCCCCCCCCCC(=O)N[C@H](C(=O)N[C@@H](CCCN=C(N)N)C(=O)N[C@@H](Cc1ccccc1)C(=O)N[C@H](C(=O)N[C@@H](CCCN=C(N)N)C(=O)N[C@@H](CC(N)=O)C(=O)O)[C@@H](C)O)C(C)C. The first kappa shape index (κ1) is 66.5. The van der Waals surface area contributed by atoms with Crippen molar-refractivity contribution < 1.29 is 48.6 Å². The molecule has 424 valence electrons. The number of aliphatic imine (C=N–C) groups is 2. The van der Waals surface area contributed by atoms with Crippen LogP contribution in [0.25, 0.3) is 0 Å². The smallest absolute Gasteiger partial charge is 0.326 e. The number of carboxylic acid groups (broad SMARTS) is 1. The number of primary amides is 1. The maximum atomic E-state index is 14.3. The van der Waals surface area contributed by atoms with Gasteiger partial charge in [-0.1, -0.05) is 141 Å². The van der Waals surface area contributed by atoms with E-state index in [2.05, 4.69) is 48.8 Å². The van der Waals surface area contributed by atoms with Gasteiger partial charge in [-0.3, -0.25) is 43.5 Å². The monoisotopic (exact) mass is 1060 g/mol. The van der Waals surface area contributed by atoms with E-state index in [4.69, 9.17) is 28.7 Å². The van der Waals surface area contributed by atoms with E-state index in [0.717, 1.165) is 19.3 Å². The molecule has 1 aromatic rings. The number of aliphatic hydroxyl groups is 1. The highest BCUT2D eigenvalue weighted by molar-refractivity contribution is 5.97. The number of carboxylic acids is 1. The second kappa shape index (κ2) is 39.0. The average Bonchev–Trinajstić information content (AvgIpc) is 3.34. The van der Waals surface area contributed by atoms with Crippen molar-refractivity contribution in [1.82, 2.24) is 31.9 Å². The van der Waals surface area contributed by atoms with Crippen LogP contribution in [-0.2, 0) is 44.8 Å². The zero-order chi connectivity index (χ0) is 56.1. The predicted octanol–water partition coefficient (Wildman–Crippen LogP) is 1.50. The molecule has 0 radical (unpaired) electrons. The molecule has 0 aromatic heterocycles. The number of nitrogens with one attached hydrogen (secondary N) is 6. The molecule has 18 N–H and O–H groups in total. The first-order valence-corrected chi connectivity index (χ1v) is 26.8. The minimum absolute atomic E-state index is 0.000562. The Bertz CT molecular complexity index is 1950. The molecule has 0 aliphatic heterocycles. The number of rotatable bonds is 42. The number of aliphatic hydroxyl groups excluding tert-OH is 1. The number of unbranched alkanes of at least 4 members (excludes halogenated alkanes) is 14. The van der Waals surface area contributed by atoms with Crippen molar-refractivity contribution >= 4 is 59.2 Å². The summed E-state index contributed by atoms with van der Waals surface area (Å²) in [7, 11) is 0. The molecular formula is C52H91N13O10. The van der Waals surface area contributed by atoms with Gasteiger partial charge in [-0.25, -0.2) is 4.79 Å². The van der Waals surface area contributed by atoms with E-state index in [1.165, 1.54) is 77.6 Å². The van der Waals surface area contributed by atoms with Crippen LogP contribution in [-0.4, -0.2) is 125 Å². The Morgan fingerprint density at radius 1 is 0.507 bits per heavy atom. The van der Waals surface area contributed by atoms with Gasteiger partial charge in [0.05, 0.1) is 12.5 Å². The molecule has 0 aliphatic rings. The third-order valence-corrected chi connectivity index (χ3v) is 12.4. The first-order chi connectivity index (χ1) is 35.7. The molecular weight excluding hydrogens is 967 g/mol. The number of guanidine groups is 2. The highest BCUT2D eigenvalue weighted by Crippen LogP contribution is 2.15. The van der Waals surface area contributed by atoms with E-state index in [9.17, 15) is 48.6 Å². The lowest BCUT2D eigenvalue weighted by Gasteiger charge is -2.29. The lowest BCUT2D eigenvalue weighted by Crippen LogP contribution is -2.62. The van der Waals surface area contributed by atoms with Crippen molar-refractivity contribution in [2.45, 2.75) is 211 Å². The molecule has 0 heterocycles. The van der Waals surface area contributed by atoms with Crippen LogP contribution in [0.1, 0.15) is 168 Å². The number of aliphatic carboxylic acids is 1. The summed E-state index contributed by atoms with van der Waals surface area (Å²) in [5.41, 5.74) is 27.6. The number of hydrogen-bond donors (Lipinski definition) is 13. The van der Waals surface area contributed by atoms with Gasteiger partial charge in [0.15, 0.2) is 11.9 Å². The van der Waals surface area contributed by atoms with E-state index in [-0.39, 0.29) is 75.4 Å². The molecule has 1 rings (SSSR count). The highest BCUT2D eigenvalue weighted by atomic mass is 16.4. The molecule has 0 aliphatic carbocycles. The second-order valence-electron chi connectivity index (χ2n) is 19.6. The van der Waals surface area contributed by atoms with Crippen LogP contribution in [0.2, 0.25) is 0 Å². The fourth-order valence-electron chi connectivity index (χ4n) is 8.17. The summed E-state index contributed by atoms with van der Waals surface area (Å²) in [4.78, 5) is 114. The summed E-state index contributed by atoms with van der Waals surface area (Å²) in [5, 5.41) is 35.8. The molecule has 7 atom stereocenters. The molecule has 1 aromatic carbocycles. The molecule has 0 saturated heterocycles. The van der Waals surface area contributed by atoms with Gasteiger partial charge < -0.3 is 70.8 Å². The van der Waals surface area contributed by atoms with Crippen molar-refractivity contribution in [1.29, 1.82) is 0 Å². The van der Waals surface area contributed by atoms with Crippen molar-refractivity contribution in [2.24, 2.45) is 44.6 Å². The standard InChI is InChI=1S/C52H91N13O10/c1-5-6-7-8-9-10-11-12-13-14-15-16-17-18-22-29-42(68)64-43(34(2)3)48(72)60-37(27-23-30-58-51(54)55)45(69)62-39(32-36-25-20-19-21-26-36)47(71)65-44(35(4)66)49(73)61-38(28-24-31-59-52(56)57)46(70)63-40(50(74)75)33-41(53)67/h19-21,25-26,34-35,37-40,43-44,66H,5-18,22-24,27-33H2,1-4H3,(H2,53,67)(H,60,72)(H,61,73)(H,62,69)(H,63,70)(H,64,68)(H,65,71)(H,74,75)(H4,54,55,58)(H4,56,57,59)/t35-,37+,38+,39+,40+,43+,44+/m1/s1. The summed E-state index contributed by atoms with van der Waals surface area (Å²) in [6.45, 7) is 7.06. The van der Waals surface area contributed by atoms with E-state index < -0.39 is 90.2 Å². The van der Waals surface area contributed by atoms with Gasteiger partial charge in [-0.2, -0.15) is 0 Å². The molecule has 7 amide bonds. The molecule has 23 nitrogen and oxygen atoms in total. The first-order valence-electron chi connectivity index (χ1n) is 26.8. The molecule has 0 bridgehead atoms. The summed E-state index contributed by atoms with van der Waals surface area (Å²) < 4.78 is 0. The predicted molar refractivity (Wildman–Crippen MR) is 289 cm³/mol. The number of nitrogens with two attached hydrogens (primary N) is 5. The van der Waals surface area contributed by atoms with Crippen LogP contribution in [0.15, 0.2) is 40.3 Å². The molecule has 0 spiro atoms. The number of amides is 7. The van der Waals surface area contributed by atoms with E-state index >= 15 is 0 Å². The lowest BCUT2D eigenvalue weighted by atomic mass is 10.0. The Morgan fingerprint density at radius 2 is 0.920 bits per heavy atom. The zero-order valence-corrected chi connectivity index (χ0v) is 44.9. The minimum atomic E-state index is -1.75. The second-order valence-corrected chi connectivity index (χ2v) is 19.6. The Balaban J connectivity index is 3.21. The Kier molecular flexibility index (Phi) is 34.6. The third kappa shape index (κ3) is 31.1. The molecule has 0 fully saturated rings. The average molecular weight is 1060 g/mol. The quantitative estimate of drug-likeness (QED) is 0.0251. The molecule has 0 saturated carbocycles. The Hall–Kier alpha value is -6.52. The van der Waals surface area contributed by atoms with Gasteiger partial charge in [0.2, 0.25) is 41.4 Å². The normalized spacial score (nSPS) is 13.8. The van der Waals surface area contributed by atoms with Crippen molar-refractivity contribution in [3.05, 3.63) is 35.9 Å². The Morgan fingerprint density at radius 3 is 1.33 bits per heavy atom. The molecule has 0 unspecified atom stereocenters. The number of nitrogens with zero attached hydrogens (tertiary/aromatic N) is 2. The maximum Gasteiger partial charge on any atom is 0.326 e. The zero-order valence-electron chi connectivity index (χ0n) is 44.9. The van der Waals surface area contributed by atoms with Gasteiger partial charge in [-0.05, 0) is 50.5 Å². The van der Waals surface area contributed by atoms with E-state index in [0.29, 0.717) is 12.0 Å². The summed E-state index contributed by atoms with van der Waals surface area (Å²) in [6.07, 6.45) is 15.7. The molecule has 23 heteroatoms. The van der Waals surface area contributed by atoms with Gasteiger partial charge in [0.25, 0.3) is 0 Å². The highest BCUT2D eigenvalue weighted by Gasteiger charge is 2.35. The number of benzene rings is 1. The largest absolute Gasteiger partial charge is 0.480 e. The maximum absolute atomic E-state index is 14.3. The van der Waals surface area contributed by atoms with Crippen LogP contribution >= 0.6 is 0 Å². The van der Waals surface area contributed by atoms with E-state index in [1.807, 2.05) is 0 Å². The Labute approximate surface area is 443 Å². The van der Waals surface area contributed by atoms with Gasteiger partial charge >= 0.3 is 5.97 Å². The third-order valence-electron chi connectivity index (χ3n) is 12.4. The topological polar surface area (TPSA) is 404 Å². The molecule has 75 heavy (non-hydrogen) atoms. The van der Waals surface area contributed by atoms with Gasteiger partial charge in [0, 0.05) is 25.9 Å². The van der Waals surface area contributed by atoms with Crippen molar-refractivity contribution in [3.63, 3.8) is 0 Å².